The Hall–Kier alpha value is -1.95. The summed E-state index contributed by atoms with van der Waals surface area (Å²) in [5.74, 6) is 2.28. The smallest absolute Gasteiger partial charge is 0.131 e. The van der Waals surface area contributed by atoms with Crippen LogP contribution in [0.3, 0.4) is 0 Å². The van der Waals surface area contributed by atoms with Crippen LogP contribution in [0.5, 0.6) is 0 Å². The zero-order valence-electron chi connectivity index (χ0n) is 12.5. The zero-order valence-corrected chi connectivity index (χ0v) is 12.5. The summed E-state index contributed by atoms with van der Waals surface area (Å²) >= 11 is 0. The van der Waals surface area contributed by atoms with E-state index in [9.17, 15) is 0 Å². The van der Waals surface area contributed by atoms with Crippen LogP contribution in [0.1, 0.15) is 19.2 Å². The molecule has 1 saturated heterocycles. The van der Waals surface area contributed by atoms with Crippen LogP contribution in [-0.4, -0.2) is 39.5 Å². The summed E-state index contributed by atoms with van der Waals surface area (Å²) in [7, 11) is 1.91. The molecule has 1 aliphatic rings. The molecule has 0 saturated carbocycles. The maximum atomic E-state index is 5.44. The second kappa shape index (κ2) is 6.22. The molecule has 0 amide bonds. The fraction of sp³-hybridized carbons (Fsp3) is 0.533. The van der Waals surface area contributed by atoms with E-state index in [2.05, 4.69) is 22.3 Å². The van der Waals surface area contributed by atoms with Gasteiger partial charge in [0.15, 0.2) is 0 Å². The van der Waals surface area contributed by atoms with Crippen LogP contribution in [0, 0.1) is 5.92 Å². The van der Waals surface area contributed by atoms with Gasteiger partial charge in [0.1, 0.15) is 11.6 Å². The summed E-state index contributed by atoms with van der Waals surface area (Å²) in [6.45, 7) is 4.58. The van der Waals surface area contributed by atoms with Gasteiger partial charge in [-0.1, -0.05) is 0 Å². The first-order valence-electron chi connectivity index (χ1n) is 7.43. The first-order valence-corrected chi connectivity index (χ1v) is 7.43. The standard InChI is InChI=1S/C15H21N5O/c1-3-16-14-7-13(12-8-17-20(2)9-12)18-15(19-14)6-11-4-5-21-10-11/h7-9,11H,3-6,10H2,1-2H3,(H,16,18,19). The fourth-order valence-corrected chi connectivity index (χ4v) is 2.56. The molecule has 6 nitrogen and oxygen atoms in total. The third-order valence-electron chi connectivity index (χ3n) is 3.63. The number of hydrogen-bond acceptors (Lipinski definition) is 5. The van der Waals surface area contributed by atoms with Crippen LogP contribution in [0.2, 0.25) is 0 Å². The van der Waals surface area contributed by atoms with Crippen molar-refractivity contribution < 1.29 is 4.74 Å². The first-order chi connectivity index (χ1) is 10.2. The van der Waals surface area contributed by atoms with Crippen molar-refractivity contribution in [2.45, 2.75) is 19.8 Å². The third-order valence-corrected chi connectivity index (χ3v) is 3.63. The van der Waals surface area contributed by atoms with Crippen LogP contribution in [0.4, 0.5) is 5.82 Å². The van der Waals surface area contributed by atoms with E-state index in [0.29, 0.717) is 5.92 Å². The van der Waals surface area contributed by atoms with E-state index < -0.39 is 0 Å². The molecule has 1 aliphatic heterocycles. The lowest BCUT2D eigenvalue weighted by molar-refractivity contribution is 0.185. The van der Waals surface area contributed by atoms with E-state index in [1.54, 1.807) is 4.68 Å². The van der Waals surface area contributed by atoms with Gasteiger partial charge < -0.3 is 10.1 Å². The van der Waals surface area contributed by atoms with Crippen LogP contribution < -0.4 is 5.32 Å². The molecule has 1 fully saturated rings. The van der Waals surface area contributed by atoms with E-state index in [-0.39, 0.29) is 0 Å². The Labute approximate surface area is 124 Å². The fourth-order valence-electron chi connectivity index (χ4n) is 2.56. The molecule has 3 heterocycles. The second-order valence-corrected chi connectivity index (χ2v) is 5.42. The molecule has 21 heavy (non-hydrogen) atoms. The lowest BCUT2D eigenvalue weighted by Crippen LogP contribution is -2.10. The largest absolute Gasteiger partial charge is 0.381 e. The van der Waals surface area contributed by atoms with E-state index in [1.807, 2.05) is 25.5 Å². The minimum atomic E-state index is 0.531. The highest BCUT2D eigenvalue weighted by Crippen LogP contribution is 2.22. The van der Waals surface area contributed by atoms with Gasteiger partial charge in [-0.2, -0.15) is 5.10 Å². The number of ether oxygens (including phenoxy) is 1. The van der Waals surface area contributed by atoms with Crippen molar-refractivity contribution in [1.82, 2.24) is 19.7 Å². The Bertz CT molecular complexity index is 604. The summed E-state index contributed by atoms with van der Waals surface area (Å²) in [5, 5.41) is 7.50. The molecule has 1 unspecified atom stereocenters. The molecule has 2 aromatic rings. The Morgan fingerprint density at radius 1 is 1.43 bits per heavy atom. The zero-order chi connectivity index (χ0) is 14.7. The van der Waals surface area contributed by atoms with Crippen molar-refractivity contribution in [2.24, 2.45) is 13.0 Å². The van der Waals surface area contributed by atoms with Gasteiger partial charge in [-0.05, 0) is 19.3 Å². The molecule has 0 spiro atoms. The molecule has 1 N–H and O–H groups in total. The minimum absolute atomic E-state index is 0.531. The first kappa shape index (κ1) is 14.0. The summed E-state index contributed by atoms with van der Waals surface area (Å²) in [5.41, 5.74) is 1.94. The average Bonchev–Trinajstić information content (AvgIpc) is 3.10. The summed E-state index contributed by atoms with van der Waals surface area (Å²) in [6.07, 6.45) is 5.77. The van der Waals surface area contributed by atoms with Crippen molar-refractivity contribution in [1.29, 1.82) is 0 Å². The van der Waals surface area contributed by atoms with E-state index >= 15 is 0 Å². The van der Waals surface area contributed by atoms with Crippen molar-refractivity contribution in [2.75, 3.05) is 25.1 Å². The average molecular weight is 287 g/mol. The predicted molar refractivity (Wildman–Crippen MR) is 81.0 cm³/mol. The van der Waals surface area contributed by atoms with Gasteiger partial charge in [0, 0.05) is 51.1 Å². The number of anilines is 1. The van der Waals surface area contributed by atoms with Gasteiger partial charge in [0.05, 0.1) is 11.9 Å². The maximum Gasteiger partial charge on any atom is 0.131 e. The minimum Gasteiger partial charge on any atom is -0.381 e. The van der Waals surface area contributed by atoms with Crippen LogP contribution in [0.15, 0.2) is 18.5 Å². The van der Waals surface area contributed by atoms with Gasteiger partial charge in [-0.25, -0.2) is 9.97 Å². The molecule has 6 heteroatoms. The number of aromatic nitrogens is 4. The van der Waals surface area contributed by atoms with Gasteiger partial charge in [0.25, 0.3) is 0 Å². The van der Waals surface area contributed by atoms with E-state index in [1.165, 1.54) is 0 Å². The molecular formula is C15H21N5O. The molecule has 0 aliphatic carbocycles. The second-order valence-electron chi connectivity index (χ2n) is 5.42. The van der Waals surface area contributed by atoms with Crippen molar-refractivity contribution in [3.63, 3.8) is 0 Å². The van der Waals surface area contributed by atoms with Gasteiger partial charge >= 0.3 is 0 Å². The summed E-state index contributed by atoms with van der Waals surface area (Å²) in [6, 6.07) is 1.98. The van der Waals surface area contributed by atoms with Crippen molar-refractivity contribution in [3.05, 3.63) is 24.3 Å². The van der Waals surface area contributed by atoms with Crippen molar-refractivity contribution in [3.8, 4) is 11.3 Å². The molecule has 3 rings (SSSR count). The lowest BCUT2D eigenvalue weighted by atomic mass is 10.0. The normalized spacial score (nSPS) is 18.1. The highest BCUT2D eigenvalue weighted by atomic mass is 16.5. The van der Waals surface area contributed by atoms with Gasteiger partial charge in [0.2, 0.25) is 0 Å². The molecular weight excluding hydrogens is 266 g/mol. The highest BCUT2D eigenvalue weighted by Gasteiger charge is 2.18. The number of hydrogen-bond donors (Lipinski definition) is 1. The predicted octanol–water partition coefficient (Wildman–Crippen LogP) is 1.89. The Morgan fingerprint density at radius 2 is 2.33 bits per heavy atom. The number of nitrogens with zero attached hydrogens (tertiary/aromatic N) is 4. The third kappa shape index (κ3) is 3.39. The van der Waals surface area contributed by atoms with Crippen LogP contribution in [0.25, 0.3) is 11.3 Å². The molecule has 2 aromatic heterocycles. The maximum absolute atomic E-state index is 5.44. The molecule has 1 atom stereocenters. The summed E-state index contributed by atoms with van der Waals surface area (Å²) < 4.78 is 7.23. The Morgan fingerprint density at radius 3 is 3.00 bits per heavy atom. The van der Waals surface area contributed by atoms with Crippen LogP contribution in [-0.2, 0) is 18.2 Å². The van der Waals surface area contributed by atoms with E-state index in [4.69, 9.17) is 9.72 Å². The highest BCUT2D eigenvalue weighted by molar-refractivity contribution is 5.60. The quantitative estimate of drug-likeness (QED) is 0.909. The Balaban J connectivity index is 1.89. The van der Waals surface area contributed by atoms with Crippen LogP contribution >= 0.6 is 0 Å². The SMILES string of the molecule is CCNc1cc(-c2cnn(C)c2)nc(CC2CCOC2)n1. The Kier molecular flexibility index (Phi) is 4.15. The number of nitrogens with one attached hydrogen (secondary N) is 1. The molecule has 0 radical (unpaired) electrons. The topological polar surface area (TPSA) is 64.9 Å². The summed E-state index contributed by atoms with van der Waals surface area (Å²) in [4.78, 5) is 9.32. The molecule has 0 bridgehead atoms. The molecule has 0 aromatic carbocycles. The molecule has 112 valence electrons. The van der Waals surface area contributed by atoms with Crippen molar-refractivity contribution >= 4 is 5.82 Å². The van der Waals surface area contributed by atoms with Gasteiger partial charge in [-0.3, -0.25) is 4.68 Å². The lowest BCUT2D eigenvalue weighted by Gasteiger charge is -2.10. The number of aryl methyl sites for hydroxylation is 1. The number of rotatable bonds is 5. The monoisotopic (exact) mass is 287 g/mol. The van der Waals surface area contributed by atoms with Gasteiger partial charge in [-0.15, -0.1) is 0 Å². The van der Waals surface area contributed by atoms with E-state index in [0.717, 1.165) is 55.5 Å².